The van der Waals surface area contributed by atoms with Crippen molar-refractivity contribution in [2.45, 2.75) is 51.0 Å². The van der Waals surface area contributed by atoms with E-state index in [1.54, 1.807) is 18.2 Å². The van der Waals surface area contributed by atoms with Crippen molar-refractivity contribution in [2.75, 3.05) is 19.6 Å². The van der Waals surface area contributed by atoms with Crippen LogP contribution in [0.3, 0.4) is 0 Å². The van der Waals surface area contributed by atoms with Gasteiger partial charge in [-0.3, -0.25) is 4.79 Å². The molecular weight excluding hydrogens is 366 g/mol. The van der Waals surface area contributed by atoms with Gasteiger partial charge in [0, 0.05) is 25.6 Å². The Hall–Kier alpha value is -2.00. The van der Waals surface area contributed by atoms with E-state index in [9.17, 15) is 13.2 Å². The van der Waals surface area contributed by atoms with Crippen LogP contribution in [0, 0.1) is 5.92 Å². The minimum atomic E-state index is -3.61. The fourth-order valence-electron chi connectivity index (χ4n) is 3.41. The van der Waals surface area contributed by atoms with Crippen molar-refractivity contribution in [2.24, 2.45) is 5.92 Å². The minimum Gasteiger partial charge on any atom is -0.356 e. The Morgan fingerprint density at radius 2 is 2.00 bits per heavy atom. The highest BCUT2D eigenvalue weighted by Gasteiger charge is 2.32. The molecule has 9 heteroatoms. The predicted molar refractivity (Wildman–Crippen MR) is 103 cm³/mol. The molecule has 1 unspecified atom stereocenters. The summed E-state index contributed by atoms with van der Waals surface area (Å²) < 4.78 is 29.3. The van der Waals surface area contributed by atoms with Gasteiger partial charge in [0.1, 0.15) is 5.52 Å². The maximum Gasteiger partial charge on any atom is 0.243 e. The number of aromatic nitrogens is 3. The first-order valence-electron chi connectivity index (χ1n) is 9.51. The molecule has 1 aliphatic rings. The zero-order valence-corrected chi connectivity index (χ0v) is 16.9. The highest BCUT2D eigenvalue weighted by Crippen LogP contribution is 2.26. The van der Waals surface area contributed by atoms with Gasteiger partial charge in [-0.25, -0.2) is 13.1 Å². The molecule has 0 radical (unpaired) electrons. The number of amides is 1. The molecular formula is C18H27N5O3S. The molecule has 2 heterocycles. The van der Waals surface area contributed by atoms with E-state index in [1.165, 1.54) is 4.31 Å². The first-order chi connectivity index (χ1) is 12.9. The molecule has 1 fully saturated rings. The molecule has 0 bridgehead atoms. The molecule has 1 N–H and O–H groups in total. The van der Waals surface area contributed by atoms with Gasteiger partial charge >= 0.3 is 0 Å². The number of sulfonamides is 1. The molecule has 0 spiro atoms. The Kier molecular flexibility index (Phi) is 5.81. The second-order valence-electron chi connectivity index (χ2n) is 7.01. The van der Waals surface area contributed by atoms with Gasteiger partial charge in [-0.1, -0.05) is 12.1 Å². The first-order valence-corrected chi connectivity index (χ1v) is 10.9. The van der Waals surface area contributed by atoms with Gasteiger partial charge in [0.2, 0.25) is 15.9 Å². The number of nitrogens with one attached hydrogen (secondary N) is 1. The van der Waals surface area contributed by atoms with Gasteiger partial charge in [0.15, 0.2) is 0 Å². The van der Waals surface area contributed by atoms with Gasteiger partial charge < -0.3 is 5.32 Å². The highest BCUT2D eigenvalue weighted by molar-refractivity contribution is 7.89. The summed E-state index contributed by atoms with van der Waals surface area (Å²) in [5, 5.41) is 11.1. The van der Waals surface area contributed by atoms with Crippen LogP contribution >= 0.6 is 0 Å². The van der Waals surface area contributed by atoms with Gasteiger partial charge in [0.25, 0.3) is 0 Å². The quantitative estimate of drug-likeness (QED) is 0.809. The van der Waals surface area contributed by atoms with E-state index in [1.807, 2.05) is 11.6 Å². The fraction of sp³-hybridized carbons (Fsp3) is 0.611. The van der Waals surface area contributed by atoms with E-state index in [0.717, 1.165) is 11.9 Å². The van der Waals surface area contributed by atoms with Crippen LogP contribution < -0.4 is 5.32 Å². The number of nitrogens with zero attached hydrogens (tertiary/aromatic N) is 4. The average Bonchev–Trinajstić information content (AvgIpc) is 3.11. The Bertz CT molecular complexity index is 916. The van der Waals surface area contributed by atoms with E-state index in [-0.39, 0.29) is 22.8 Å². The summed E-state index contributed by atoms with van der Waals surface area (Å²) in [6.07, 6.45) is 1.99. The lowest BCUT2D eigenvalue weighted by atomic mass is 9.97. The zero-order valence-electron chi connectivity index (χ0n) is 16.1. The molecule has 8 nitrogen and oxygen atoms in total. The van der Waals surface area contributed by atoms with Crippen LogP contribution in [-0.2, 0) is 14.8 Å². The van der Waals surface area contributed by atoms with Crippen LogP contribution in [0.5, 0.6) is 0 Å². The molecule has 0 saturated carbocycles. The summed E-state index contributed by atoms with van der Waals surface area (Å²) in [5.41, 5.74) is 1.41. The van der Waals surface area contributed by atoms with Crippen LogP contribution in [0.1, 0.15) is 46.1 Å². The molecule has 148 valence electrons. The predicted octanol–water partition coefficient (Wildman–Crippen LogP) is 1.94. The third-order valence-electron chi connectivity index (χ3n) is 5.26. The summed E-state index contributed by atoms with van der Waals surface area (Å²) in [6.45, 7) is 7.29. The van der Waals surface area contributed by atoms with Crippen LogP contribution in [0.25, 0.3) is 11.0 Å². The third-order valence-corrected chi connectivity index (χ3v) is 7.16. The maximum atomic E-state index is 13.0. The molecule has 3 rings (SSSR count). The van der Waals surface area contributed by atoms with E-state index in [2.05, 4.69) is 29.5 Å². The van der Waals surface area contributed by atoms with Crippen molar-refractivity contribution >= 4 is 27.0 Å². The highest BCUT2D eigenvalue weighted by atomic mass is 32.2. The van der Waals surface area contributed by atoms with Crippen molar-refractivity contribution < 1.29 is 13.2 Å². The molecule has 1 atom stereocenters. The van der Waals surface area contributed by atoms with E-state index >= 15 is 0 Å². The molecule has 27 heavy (non-hydrogen) atoms. The standard InChI is InChI=1S/C18H27N5O3S/c1-4-13(3)23-17-7-6-15(12-16(17)20-21-23)27(25,26)22-10-8-14(9-11-22)18(24)19-5-2/h6-7,12-14H,4-5,8-11H2,1-3H3,(H,19,24). The largest absolute Gasteiger partial charge is 0.356 e. The molecule has 1 saturated heterocycles. The van der Waals surface area contributed by atoms with Gasteiger partial charge in [-0.2, -0.15) is 4.31 Å². The fourth-order valence-corrected chi connectivity index (χ4v) is 4.90. The van der Waals surface area contributed by atoms with Crippen LogP contribution in [0.2, 0.25) is 0 Å². The summed E-state index contributed by atoms with van der Waals surface area (Å²) in [6, 6.07) is 5.18. The van der Waals surface area contributed by atoms with Crippen molar-refractivity contribution in [3.05, 3.63) is 18.2 Å². The second kappa shape index (κ2) is 7.93. The first kappa shape index (κ1) is 19.8. The van der Waals surface area contributed by atoms with Crippen molar-refractivity contribution in [3.8, 4) is 0 Å². The maximum absolute atomic E-state index is 13.0. The van der Waals surface area contributed by atoms with Crippen LogP contribution in [-0.4, -0.2) is 53.3 Å². The minimum absolute atomic E-state index is 0.0117. The van der Waals surface area contributed by atoms with Gasteiger partial charge in [0.05, 0.1) is 16.5 Å². The van der Waals surface area contributed by atoms with E-state index in [4.69, 9.17) is 0 Å². The van der Waals surface area contributed by atoms with E-state index in [0.29, 0.717) is 38.0 Å². The zero-order chi connectivity index (χ0) is 19.6. The van der Waals surface area contributed by atoms with Gasteiger partial charge in [-0.05, 0) is 51.3 Å². The third kappa shape index (κ3) is 3.84. The molecule has 1 amide bonds. The van der Waals surface area contributed by atoms with Crippen molar-refractivity contribution in [1.82, 2.24) is 24.6 Å². The van der Waals surface area contributed by atoms with Crippen molar-refractivity contribution in [3.63, 3.8) is 0 Å². The monoisotopic (exact) mass is 393 g/mol. The lowest BCUT2D eigenvalue weighted by Gasteiger charge is -2.30. The summed E-state index contributed by atoms with van der Waals surface area (Å²) in [4.78, 5) is 12.2. The molecule has 2 aromatic rings. The normalized spacial score (nSPS) is 17.9. The molecule has 1 aromatic heterocycles. The number of fused-ring (bicyclic) bond motifs is 1. The molecule has 1 aromatic carbocycles. The molecule has 0 aliphatic carbocycles. The van der Waals surface area contributed by atoms with Crippen LogP contribution in [0.4, 0.5) is 0 Å². The summed E-state index contributed by atoms with van der Waals surface area (Å²) in [7, 11) is -3.61. The number of carbonyl (C=O) groups is 1. The smallest absolute Gasteiger partial charge is 0.243 e. The summed E-state index contributed by atoms with van der Waals surface area (Å²) in [5.74, 6) is -0.105. The Labute approximate surface area is 160 Å². The summed E-state index contributed by atoms with van der Waals surface area (Å²) >= 11 is 0. The second-order valence-corrected chi connectivity index (χ2v) is 8.95. The number of benzene rings is 1. The lowest BCUT2D eigenvalue weighted by molar-refractivity contribution is -0.126. The Morgan fingerprint density at radius 1 is 1.30 bits per heavy atom. The number of rotatable bonds is 6. The Balaban J connectivity index is 1.78. The number of hydrogen-bond acceptors (Lipinski definition) is 5. The van der Waals surface area contributed by atoms with Crippen LogP contribution in [0.15, 0.2) is 23.1 Å². The van der Waals surface area contributed by atoms with Gasteiger partial charge in [-0.15, -0.1) is 5.10 Å². The lowest BCUT2D eigenvalue weighted by Crippen LogP contribution is -2.42. The number of piperidine rings is 1. The molecule has 1 aliphatic heterocycles. The number of hydrogen-bond donors (Lipinski definition) is 1. The Morgan fingerprint density at radius 3 is 2.63 bits per heavy atom. The topological polar surface area (TPSA) is 97.2 Å². The number of carbonyl (C=O) groups excluding carboxylic acids is 1. The average molecular weight is 394 g/mol. The van der Waals surface area contributed by atoms with E-state index < -0.39 is 10.0 Å². The SMILES string of the molecule is CCNC(=O)C1CCN(S(=O)(=O)c2ccc3c(c2)nnn3C(C)CC)CC1. The van der Waals surface area contributed by atoms with Crippen molar-refractivity contribution in [1.29, 1.82) is 0 Å².